The van der Waals surface area contributed by atoms with E-state index in [1.54, 1.807) is 12.4 Å². The van der Waals surface area contributed by atoms with Crippen molar-refractivity contribution >= 4 is 5.82 Å². The van der Waals surface area contributed by atoms with Crippen LogP contribution in [0.25, 0.3) is 0 Å². The van der Waals surface area contributed by atoms with Crippen LogP contribution < -0.4 is 9.64 Å². The van der Waals surface area contributed by atoms with Crippen molar-refractivity contribution in [3.05, 3.63) is 30.4 Å². The highest BCUT2D eigenvalue weighted by molar-refractivity contribution is 5.48. The van der Waals surface area contributed by atoms with E-state index in [9.17, 15) is 0 Å². The Balaban J connectivity index is 1.63. The Morgan fingerprint density at radius 2 is 1.96 bits per heavy atom. The molecule has 2 aromatic rings. The summed E-state index contributed by atoms with van der Waals surface area (Å²) in [5.41, 5.74) is 1.28. The van der Waals surface area contributed by atoms with E-state index < -0.39 is 0 Å². The van der Waals surface area contributed by atoms with E-state index in [-0.39, 0.29) is 6.10 Å². The zero-order valence-electron chi connectivity index (χ0n) is 15.4. The van der Waals surface area contributed by atoms with Gasteiger partial charge in [-0.25, -0.2) is 9.97 Å². The first-order valence-electron chi connectivity index (χ1n) is 9.12. The SMILES string of the molecule is CCn1cc(CN2CCCN(c3nccnc3OC(C)C)CC2)cn1. The fraction of sp³-hybridized carbons (Fsp3) is 0.611. The number of nitrogens with zero attached hydrogens (tertiary/aromatic N) is 6. The molecule has 0 saturated carbocycles. The van der Waals surface area contributed by atoms with Gasteiger partial charge in [-0.3, -0.25) is 9.58 Å². The fourth-order valence-electron chi connectivity index (χ4n) is 3.10. The lowest BCUT2D eigenvalue weighted by Crippen LogP contribution is -2.31. The average molecular weight is 344 g/mol. The highest BCUT2D eigenvalue weighted by Crippen LogP contribution is 2.24. The van der Waals surface area contributed by atoms with Gasteiger partial charge in [0.05, 0.1) is 12.3 Å². The van der Waals surface area contributed by atoms with E-state index in [1.807, 2.05) is 24.7 Å². The normalized spacial score (nSPS) is 16.2. The van der Waals surface area contributed by atoms with Crippen LogP contribution in [0.15, 0.2) is 24.8 Å². The van der Waals surface area contributed by atoms with Crippen LogP contribution in [-0.2, 0) is 13.1 Å². The van der Waals surface area contributed by atoms with E-state index in [4.69, 9.17) is 4.74 Å². The molecule has 7 nitrogen and oxygen atoms in total. The van der Waals surface area contributed by atoms with Gasteiger partial charge in [-0.2, -0.15) is 5.10 Å². The van der Waals surface area contributed by atoms with E-state index in [1.165, 1.54) is 5.56 Å². The summed E-state index contributed by atoms with van der Waals surface area (Å²) < 4.78 is 7.82. The zero-order valence-corrected chi connectivity index (χ0v) is 15.4. The fourth-order valence-corrected chi connectivity index (χ4v) is 3.10. The van der Waals surface area contributed by atoms with Crippen LogP contribution >= 0.6 is 0 Å². The van der Waals surface area contributed by atoms with Gasteiger partial charge in [0.1, 0.15) is 0 Å². The lowest BCUT2D eigenvalue weighted by Gasteiger charge is -2.24. The third-order valence-electron chi connectivity index (χ3n) is 4.30. The molecule has 0 aromatic carbocycles. The number of hydrogen-bond donors (Lipinski definition) is 0. The van der Waals surface area contributed by atoms with Crippen molar-refractivity contribution < 1.29 is 4.74 Å². The van der Waals surface area contributed by atoms with Gasteiger partial charge in [0.25, 0.3) is 5.88 Å². The van der Waals surface area contributed by atoms with Crippen LogP contribution in [0.1, 0.15) is 32.8 Å². The van der Waals surface area contributed by atoms with Gasteiger partial charge in [-0.05, 0) is 27.2 Å². The van der Waals surface area contributed by atoms with Gasteiger partial charge in [0, 0.05) is 63.4 Å². The molecule has 136 valence electrons. The Kier molecular flexibility index (Phi) is 5.86. The van der Waals surface area contributed by atoms with Gasteiger partial charge < -0.3 is 9.64 Å². The van der Waals surface area contributed by atoms with Gasteiger partial charge in [0.2, 0.25) is 0 Å². The van der Waals surface area contributed by atoms with Crippen LogP contribution in [0.5, 0.6) is 5.88 Å². The second-order valence-electron chi connectivity index (χ2n) is 6.67. The number of anilines is 1. The number of aromatic nitrogens is 4. The maximum Gasteiger partial charge on any atom is 0.257 e. The van der Waals surface area contributed by atoms with Crippen molar-refractivity contribution in [1.82, 2.24) is 24.6 Å². The molecule has 7 heteroatoms. The predicted octanol–water partition coefficient (Wildman–Crippen LogP) is 2.19. The topological polar surface area (TPSA) is 59.3 Å². The van der Waals surface area contributed by atoms with Crippen LogP contribution in [0.4, 0.5) is 5.82 Å². The number of hydrogen-bond acceptors (Lipinski definition) is 6. The molecule has 1 fully saturated rings. The molecule has 0 N–H and O–H groups in total. The monoisotopic (exact) mass is 344 g/mol. The van der Waals surface area contributed by atoms with Crippen LogP contribution in [0.2, 0.25) is 0 Å². The van der Waals surface area contributed by atoms with Crippen molar-refractivity contribution in [1.29, 1.82) is 0 Å². The zero-order chi connectivity index (χ0) is 17.6. The summed E-state index contributed by atoms with van der Waals surface area (Å²) in [7, 11) is 0. The summed E-state index contributed by atoms with van der Waals surface area (Å²) in [5.74, 6) is 1.49. The molecule has 0 atom stereocenters. The Morgan fingerprint density at radius 1 is 1.12 bits per heavy atom. The van der Waals surface area contributed by atoms with Crippen molar-refractivity contribution in [3.8, 4) is 5.88 Å². The summed E-state index contributed by atoms with van der Waals surface area (Å²) in [6.07, 6.45) is 8.73. The number of aryl methyl sites for hydroxylation is 1. The largest absolute Gasteiger partial charge is 0.472 e. The summed E-state index contributed by atoms with van der Waals surface area (Å²) in [6, 6.07) is 0. The maximum atomic E-state index is 5.84. The second-order valence-corrected chi connectivity index (χ2v) is 6.67. The molecular weight excluding hydrogens is 316 g/mol. The number of rotatable bonds is 6. The Hall–Kier alpha value is -2.15. The van der Waals surface area contributed by atoms with Crippen molar-refractivity contribution in [2.45, 2.75) is 46.4 Å². The molecule has 1 saturated heterocycles. The first-order chi connectivity index (χ1) is 12.2. The van der Waals surface area contributed by atoms with E-state index in [2.05, 4.69) is 38.0 Å². The average Bonchev–Trinajstić information content (AvgIpc) is 2.92. The molecule has 0 radical (unpaired) electrons. The Bertz CT molecular complexity index is 671. The minimum Gasteiger partial charge on any atom is -0.472 e. The Morgan fingerprint density at radius 3 is 2.72 bits per heavy atom. The lowest BCUT2D eigenvalue weighted by molar-refractivity contribution is 0.232. The minimum absolute atomic E-state index is 0.0917. The molecule has 0 amide bonds. The van der Waals surface area contributed by atoms with E-state index in [0.717, 1.165) is 51.5 Å². The third-order valence-corrected chi connectivity index (χ3v) is 4.30. The Labute approximate surface area is 149 Å². The van der Waals surface area contributed by atoms with Gasteiger partial charge in [-0.1, -0.05) is 0 Å². The van der Waals surface area contributed by atoms with Crippen LogP contribution in [0, 0.1) is 0 Å². The molecular formula is C18H28N6O. The summed E-state index contributed by atoms with van der Waals surface area (Å²) in [4.78, 5) is 13.7. The first kappa shape index (κ1) is 17.7. The molecule has 25 heavy (non-hydrogen) atoms. The third kappa shape index (κ3) is 4.69. The quantitative estimate of drug-likeness (QED) is 0.801. The highest BCUT2D eigenvalue weighted by atomic mass is 16.5. The molecule has 0 bridgehead atoms. The van der Waals surface area contributed by atoms with E-state index in [0.29, 0.717) is 5.88 Å². The van der Waals surface area contributed by atoms with Crippen LogP contribution in [0.3, 0.4) is 0 Å². The van der Waals surface area contributed by atoms with Crippen molar-refractivity contribution in [2.24, 2.45) is 0 Å². The van der Waals surface area contributed by atoms with Crippen molar-refractivity contribution in [2.75, 3.05) is 31.1 Å². The summed E-state index contributed by atoms with van der Waals surface area (Å²) >= 11 is 0. The maximum absolute atomic E-state index is 5.84. The van der Waals surface area contributed by atoms with Gasteiger partial charge >= 0.3 is 0 Å². The molecule has 3 rings (SSSR count). The van der Waals surface area contributed by atoms with Gasteiger partial charge in [0.15, 0.2) is 5.82 Å². The molecule has 1 aliphatic rings. The van der Waals surface area contributed by atoms with E-state index >= 15 is 0 Å². The molecule has 0 unspecified atom stereocenters. The predicted molar refractivity (Wildman–Crippen MR) is 97.8 cm³/mol. The molecule has 3 heterocycles. The summed E-state index contributed by atoms with van der Waals surface area (Å²) in [6.45, 7) is 12.0. The molecule has 1 aliphatic heterocycles. The molecule has 0 spiro atoms. The lowest BCUT2D eigenvalue weighted by atomic mass is 10.3. The molecule has 0 aliphatic carbocycles. The highest BCUT2D eigenvalue weighted by Gasteiger charge is 2.20. The second kappa shape index (κ2) is 8.29. The summed E-state index contributed by atoms with van der Waals surface area (Å²) in [5, 5.41) is 4.37. The minimum atomic E-state index is 0.0917. The number of ether oxygens (including phenoxy) is 1. The first-order valence-corrected chi connectivity index (χ1v) is 9.12. The van der Waals surface area contributed by atoms with Crippen LogP contribution in [-0.4, -0.2) is 56.9 Å². The molecule has 2 aromatic heterocycles. The van der Waals surface area contributed by atoms with Gasteiger partial charge in [-0.15, -0.1) is 0 Å². The standard InChI is InChI=1S/C18H28N6O/c1-4-24-14-16(12-21-24)13-22-8-5-9-23(11-10-22)17-18(25-15(2)3)20-7-6-19-17/h6-7,12,14-15H,4-5,8-11,13H2,1-3H3. The smallest absolute Gasteiger partial charge is 0.257 e. The van der Waals surface area contributed by atoms with Crippen molar-refractivity contribution in [3.63, 3.8) is 0 Å².